The average Bonchev–Trinajstić information content (AvgIpc) is 3.09. The van der Waals surface area contributed by atoms with Gasteiger partial charge in [-0.05, 0) is 49.9 Å². The van der Waals surface area contributed by atoms with Crippen molar-refractivity contribution < 1.29 is 19.5 Å². The molecule has 0 aliphatic heterocycles. The molecule has 2 amide bonds. The molecule has 26 heavy (non-hydrogen) atoms. The van der Waals surface area contributed by atoms with Crippen LogP contribution in [0.25, 0.3) is 0 Å². The minimum atomic E-state index is -0.919. The van der Waals surface area contributed by atoms with Crippen molar-refractivity contribution in [2.75, 3.05) is 5.32 Å². The molecule has 1 heterocycles. The topological polar surface area (TPSA) is 95.5 Å². The van der Waals surface area contributed by atoms with Crippen molar-refractivity contribution in [1.29, 1.82) is 0 Å². The number of hydrogen-bond donors (Lipinski definition) is 3. The SMILES string of the molecule is CC(C)(CCC(=O)O)NC(=O)c1ccc(Cl)c(NC(=O)c2cccs2)c1. The van der Waals surface area contributed by atoms with Crippen molar-refractivity contribution in [3.8, 4) is 0 Å². The van der Waals surface area contributed by atoms with Crippen LogP contribution < -0.4 is 10.6 Å². The predicted molar refractivity (Wildman–Crippen MR) is 102 cm³/mol. The summed E-state index contributed by atoms with van der Waals surface area (Å²) in [5, 5.41) is 16.4. The summed E-state index contributed by atoms with van der Waals surface area (Å²) >= 11 is 7.42. The highest BCUT2D eigenvalue weighted by molar-refractivity contribution is 7.12. The fourth-order valence-corrected chi connectivity index (χ4v) is 3.00. The number of halogens is 1. The molecule has 2 aromatic rings. The first kappa shape index (κ1) is 19.9. The fourth-order valence-electron chi connectivity index (χ4n) is 2.22. The molecule has 3 N–H and O–H groups in total. The van der Waals surface area contributed by atoms with E-state index in [0.29, 0.717) is 27.6 Å². The van der Waals surface area contributed by atoms with E-state index in [-0.39, 0.29) is 18.2 Å². The molecule has 0 bridgehead atoms. The third-order valence-corrected chi connectivity index (χ3v) is 4.84. The summed E-state index contributed by atoms with van der Waals surface area (Å²) in [5.74, 6) is -1.60. The van der Waals surface area contributed by atoms with Gasteiger partial charge in [-0.2, -0.15) is 0 Å². The number of nitrogens with one attached hydrogen (secondary N) is 2. The van der Waals surface area contributed by atoms with Crippen LogP contribution >= 0.6 is 22.9 Å². The summed E-state index contributed by atoms with van der Waals surface area (Å²) in [6.07, 6.45) is 0.250. The number of thiophene rings is 1. The molecule has 1 aromatic heterocycles. The Labute approximate surface area is 160 Å². The van der Waals surface area contributed by atoms with Crippen LogP contribution in [0.15, 0.2) is 35.7 Å². The number of carboxylic acid groups (broad SMARTS) is 1. The van der Waals surface area contributed by atoms with Crippen molar-refractivity contribution in [3.05, 3.63) is 51.2 Å². The molecule has 8 heteroatoms. The predicted octanol–water partition coefficient (Wildman–Crippen LogP) is 4.03. The van der Waals surface area contributed by atoms with Gasteiger partial charge >= 0.3 is 5.97 Å². The van der Waals surface area contributed by atoms with E-state index in [1.54, 1.807) is 37.4 Å². The number of benzene rings is 1. The first-order valence-electron chi connectivity index (χ1n) is 7.87. The lowest BCUT2D eigenvalue weighted by Gasteiger charge is -2.25. The Balaban J connectivity index is 2.11. The highest BCUT2D eigenvalue weighted by atomic mass is 35.5. The van der Waals surface area contributed by atoms with Gasteiger partial charge < -0.3 is 15.7 Å². The van der Waals surface area contributed by atoms with Crippen molar-refractivity contribution >= 4 is 46.4 Å². The second-order valence-corrected chi connectivity index (χ2v) is 7.71. The number of rotatable bonds is 7. The molecular formula is C18H19ClN2O4S. The van der Waals surface area contributed by atoms with Gasteiger partial charge in [0.2, 0.25) is 0 Å². The molecule has 0 radical (unpaired) electrons. The summed E-state index contributed by atoms with van der Waals surface area (Å²) in [5.41, 5.74) is -0.0319. The van der Waals surface area contributed by atoms with Gasteiger partial charge in [-0.3, -0.25) is 14.4 Å². The summed E-state index contributed by atoms with van der Waals surface area (Å²) in [6.45, 7) is 3.51. The van der Waals surface area contributed by atoms with E-state index in [2.05, 4.69) is 10.6 Å². The summed E-state index contributed by atoms with van der Waals surface area (Å²) < 4.78 is 0. The number of amides is 2. The standard InChI is InChI=1S/C18H19ClN2O4S/c1-18(2,8-7-15(22)23)21-16(24)11-5-6-12(19)13(10-11)20-17(25)14-4-3-9-26-14/h3-6,9-10H,7-8H2,1-2H3,(H,20,25)(H,21,24)(H,22,23). The first-order valence-corrected chi connectivity index (χ1v) is 9.12. The third kappa shape index (κ3) is 5.57. The van der Waals surface area contributed by atoms with Crippen molar-refractivity contribution in [2.45, 2.75) is 32.2 Å². The monoisotopic (exact) mass is 394 g/mol. The Kier molecular flexibility index (Phi) is 6.39. The lowest BCUT2D eigenvalue weighted by atomic mass is 9.97. The van der Waals surface area contributed by atoms with Crippen LogP contribution in [0.4, 0.5) is 5.69 Å². The van der Waals surface area contributed by atoms with Gasteiger partial charge in [0.05, 0.1) is 15.6 Å². The molecule has 0 aliphatic rings. The van der Waals surface area contributed by atoms with Gasteiger partial charge in [0, 0.05) is 17.5 Å². The number of hydrogen-bond acceptors (Lipinski definition) is 4. The highest BCUT2D eigenvalue weighted by Crippen LogP contribution is 2.25. The van der Waals surface area contributed by atoms with Crippen molar-refractivity contribution in [2.24, 2.45) is 0 Å². The molecule has 1 aromatic carbocycles. The molecule has 138 valence electrons. The molecule has 0 aliphatic carbocycles. The summed E-state index contributed by atoms with van der Waals surface area (Å²) in [4.78, 5) is 35.9. The number of carbonyl (C=O) groups is 3. The van der Waals surface area contributed by atoms with Gasteiger partial charge in [0.15, 0.2) is 0 Å². The molecule has 0 spiro atoms. The lowest BCUT2D eigenvalue weighted by Crippen LogP contribution is -2.43. The molecule has 0 atom stereocenters. The van der Waals surface area contributed by atoms with Gasteiger partial charge in [0.25, 0.3) is 11.8 Å². The van der Waals surface area contributed by atoms with Gasteiger partial charge in [0.1, 0.15) is 0 Å². The minimum absolute atomic E-state index is 0.0456. The molecule has 0 unspecified atom stereocenters. The van der Waals surface area contributed by atoms with Crippen LogP contribution in [0.3, 0.4) is 0 Å². The van der Waals surface area contributed by atoms with Crippen LogP contribution in [0.2, 0.25) is 5.02 Å². The Morgan fingerprint density at radius 2 is 1.92 bits per heavy atom. The third-order valence-electron chi connectivity index (χ3n) is 3.64. The van der Waals surface area contributed by atoms with E-state index in [4.69, 9.17) is 16.7 Å². The zero-order valence-electron chi connectivity index (χ0n) is 14.3. The molecule has 0 fully saturated rings. The number of aliphatic carboxylic acids is 1. The van der Waals surface area contributed by atoms with Crippen LogP contribution in [0, 0.1) is 0 Å². The van der Waals surface area contributed by atoms with Gasteiger partial charge in [-0.15, -0.1) is 11.3 Å². The molecule has 0 saturated heterocycles. The van der Waals surface area contributed by atoms with Crippen LogP contribution in [0.5, 0.6) is 0 Å². The fraction of sp³-hybridized carbons (Fsp3) is 0.278. The van der Waals surface area contributed by atoms with E-state index < -0.39 is 11.5 Å². The van der Waals surface area contributed by atoms with E-state index in [0.717, 1.165) is 0 Å². The van der Waals surface area contributed by atoms with E-state index in [1.807, 2.05) is 0 Å². The average molecular weight is 395 g/mol. The minimum Gasteiger partial charge on any atom is -0.481 e. The molecule has 2 rings (SSSR count). The normalized spacial score (nSPS) is 11.0. The van der Waals surface area contributed by atoms with E-state index in [1.165, 1.54) is 23.5 Å². The van der Waals surface area contributed by atoms with E-state index >= 15 is 0 Å². The Hall–Kier alpha value is -2.38. The van der Waals surface area contributed by atoms with E-state index in [9.17, 15) is 14.4 Å². The van der Waals surface area contributed by atoms with Crippen LogP contribution in [-0.2, 0) is 4.79 Å². The number of carbonyl (C=O) groups excluding carboxylic acids is 2. The maximum atomic E-state index is 12.5. The summed E-state index contributed by atoms with van der Waals surface area (Å²) in [7, 11) is 0. The molecular weight excluding hydrogens is 376 g/mol. The maximum Gasteiger partial charge on any atom is 0.303 e. The first-order chi connectivity index (χ1) is 12.2. The van der Waals surface area contributed by atoms with Gasteiger partial charge in [-0.1, -0.05) is 17.7 Å². The number of carboxylic acids is 1. The van der Waals surface area contributed by atoms with Crippen molar-refractivity contribution in [1.82, 2.24) is 5.32 Å². The zero-order valence-corrected chi connectivity index (χ0v) is 15.9. The highest BCUT2D eigenvalue weighted by Gasteiger charge is 2.23. The molecule has 6 nitrogen and oxygen atoms in total. The van der Waals surface area contributed by atoms with Gasteiger partial charge in [-0.25, -0.2) is 0 Å². The lowest BCUT2D eigenvalue weighted by molar-refractivity contribution is -0.137. The second-order valence-electron chi connectivity index (χ2n) is 6.36. The van der Waals surface area contributed by atoms with Crippen LogP contribution in [0.1, 0.15) is 46.7 Å². The summed E-state index contributed by atoms with van der Waals surface area (Å²) in [6, 6.07) is 8.03. The largest absolute Gasteiger partial charge is 0.481 e. The quantitative estimate of drug-likeness (QED) is 0.660. The smallest absolute Gasteiger partial charge is 0.303 e. The Bertz CT molecular complexity index is 819. The zero-order chi connectivity index (χ0) is 19.3. The second kappa shape index (κ2) is 8.33. The molecule has 0 saturated carbocycles. The maximum absolute atomic E-state index is 12.5. The van der Waals surface area contributed by atoms with Crippen LogP contribution in [-0.4, -0.2) is 28.4 Å². The Morgan fingerprint density at radius 3 is 2.54 bits per heavy atom. The Morgan fingerprint density at radius 1 is 1.19 bits per heavy atom. The van der Waals surface area contributed by atoms with Crippen molar-refractivity contribution in [3.63, 3.8) is 0 Å². The number of anilines is 1.